The van der Waals surface area contributed by atoms with Gasteiger partial charge in [0.05, 0.1) is 16.7 Å². The fraction of sp³-hybridized carbons (Fsp3) is 0.481. The number of hydrogen-bond acceptors (Lipinski definition) is 4. The Morgan fingerprint density at radius 2 is 1.82 bits per heavy atom. The summed E-state index contributed by atoms with van der Waals surface area (Å²) in [6, 6.07) is 14.6. The molecule has 2 aliphatic heterocycles. The molecule has 2 atom stereocenters. The van der Waals surface area contributed by atoms with E-state index in [2.05, 4.69) is 58.7 Å². The summed E-state index contributed by atoms with van der Waals surface area (Å²) < 4.78 is 2.38. The number of anilines is 1. The smallest absolute Gasteiger partial charge is 0.412 e. The summed E-state index contributed by atoms with van der Waals surface area (Å²) >= 11 is 0. The maximum absolute atomic E-state index is 12.0. The van der Waals surface area contributed by atoms with Crippen molar-refractivity contribution in [3.63, 3.8) is 0 Å². The first-order valence-electron chi connectivity index (χ1n) is 12.4. The van der Waals surface area contributed by atoms with E-state index >= 15 is 0 Å². The summed E-state index contributed by atoms with van der Waals surface area (Å²) in [7, 11) is 2.19. The zero-order chi connectivity index (χ0) is 23.8. The van der Waals surface area contributed by atoms with Gasteiger partial charge in [0.1, 0.15) is 5.82 Å². The van der Waals surface area contributed by atoms with Gasteiger partial charge in [0.2, 0.25) is 0 Å². The number of aryl methyl sites for hydroxylation is 1. The second-order valence-corrected chi connectivity index (χ2v) is 9.87. The van der Waals surface area contributed by atoms with Gasteiger partial charge in [-0.2, -0.15) is 0 Å². The molecular weight excluding hydrogens is 426 g/mol. The third-order valence-corrected chi connectivity index (χ3v) is 7.67. The molecular formula is C27H35N5O2. The first-order valence-corrected chi connectivity index (χ1v) is 12.4. The van der Waals surface area contributed by atoms with Crippen LogP contribution in [-0.4, -0.2) is 76.4 Å². The Hall–Kier alpha value is -2.90. The number of aromatic nitrogens is 2. The summed E-state index contributed by atoms with van der Waals surface area (Å²) in [5, 5.41) is 9.86. The lowest BCUT2D eigenvalue weighted by atomic mass is 9.96. The molecule has 5 rings (SSSR count). The number of rotatable bonds is 5. The predicted octanol–water partition coefficient (Wildman–Crippen LogP) is 4.25. The lowest BCUT2D eigenvalue weighted by Crippen LogP contribution is -2.45. The highest BCUT2D eigenvalue weighted by atomic mass is 16.4. The molecule has 180 valence electrons. The Bertz CT molecular complexity index is 1170. The van der Waals surface area contributed by atoms with E-state index in [4.69, 9.17) is 4.98 Å². The van der Waals surface area contributed by atoms with Crippen LogP contribution in [0, 0.1) is 0 Å². The molecule has 2 aliphatic rings. The number of carbonyl (C=O) groups is 1. The van der Waals surface area contributed by atoms with Crippen LogP contribution in [0.1, 0.15) is 43.1 Å². The number of imidazole rings is 1. The van der Waals surface area contributed by atoms with E-state index in [1.807, 2.05) is 19.1 Å². The first-order chi connectivity index (χ1) is 16.4. The second-order valence-electron chi connectivity index (χ2n) is 9.87. The Morgan fingerprint density at radius 1 is 1.09 bits per heavy atom. The molecule has 1 aromatic heterocycles. The van der Waals surface area contributed by atoms with Crippen LogP contribution in [0.15, 0.2) is 42.5 Å². The van der Waals surface area contributed by atoms with E-state index in [1.54, 1.807) is 0 Å². The standard InChI is InChI=1S/C27H35N5O2/c1-19-9-10-22-23(32(19)27(33)34)11-12-24-25(22)28-26(20(2)21-7-5-4-6-8-21)31(24)18-17-30-15-13-29(3)14-16-30/h4-8,11-12,19-20H,9-10,13-18H2,1-3H3,(H,33,34). The number of fused-ring (bicyclic) bond motifs is 3. The van der Waals surface area contributed by atoms with E-state index in [1.165, 1.54) is 10.5 Å². The van der Waals surface area contributed by atoms with E-state index in [0.29, 0.717) is 0 Å². The van der Waals surface area contributed by atoms with E-state index in [0.717, 1.165) is 80.2 Å². The van der Waals surface area contributed by atoms with Gasteiger partial charge in [-0.25, -0.2) is 9.78 Å². The lowest BCUT2D eigenvalue weighted by Gasteiger charge is -2.33. The lowest BCUT2D eigenvalue weighted by molar-refractivity contribution is 0.150. The molecule has 34 heavy (non-hydrogen) atoms. The average molecular weight is 462 g/mol. The summed E-state index contributed by atoms with van der Waals surface area (Å²) in [5.41, 5.74) is 5.19. The Labute approximate surface area is 201 Å². The SMILES string of the molecule is CC(c1ccccc1)c1nc2c3c(ccc2n1CCN1CCN(C)CC1)N(C(=O)O)C(C)CC3. The molecule has 2 aromatic carbocycles. The molecule has 3 aromatic rings. The first kappa shape index (κ1) is 22.9. The van der Waals surface area contributed by atoms with Crippen LogP contribution in [-0.2, 0) is 13.0 Å². The van der Waals surface area contributed by atoms with Gasteiger partial charge >= 0.3 is 6.09 Å². The fourth-order valence-corrected chi connectivity index (χ4v) is 5.51. The van der Waals surface area contributed by atoms with Crippen molar-refractivity contribution in [2.45, 2.75) is 45.2 Å². The number of nitrogens with zero attached hydrogens (tertiary/aromatic N) is 5. The van der Waals surface area contributed by atoms with E-state index in [9.17, 15) is 9.90 Å². The van der Waals surface area contributed by atoms with Crippen LogP contribution in [0.5, 0.6) is 0 Å². The molecule has 7 nitrogen and oxygen atoms in total. The molecule has 0 radical (unpaired) electrons. The molecule has 0 saturated carbocycles. The van der Waals surface area contributed by atoms with Crippen LogP contribution >= 0.6 is 0 Å². The van der Waals surface area contributed by atoms with Gasteiger partial charge < -0.3 is 14.6 Å². The van der Waals surface area contributed by atoms with Crippen molar-refractivity contribution in [1.29, 1.82) is 0 Å². The zero-order valence-electron chi connectivity index (χ0n) is 20.4. The molecule has 7 heteroatoms. The normalized spacial score (nSPS) is 20.4. The van der Waals surface area contributed by atoms with Gasteiger partial charge in [-0.3, -0.25) is 9.80 Å². The highest BCUT2D eigenvalue weighted by molar-refractivity contribution is 5.94. The number of carboxylic acid groups (broad SMARTS) is 1. The Balaban J connectivity index is 1.57. The summed E-state index contributed by atoms with van der Waals surface area (Å²) in [5.74, 6) is 1.21. The highest BCUT2D eigenvalue weighted by Gasteiger charge is 2.31. The molecule has 2 unspecified atom stereocenters. The minimum Gasteiger partial charge on any atom is -0.465 e. The topological polar surface area (TPSA) is 64.8 Å². The quantitative estimate of drug-likeness (QED) is 0.615. The molecule has 0 spiro atoms. The van der Waals surface area contributed by atoms with Crippen molar-refractivity contribution in [2.75, 3.05) is 44.7 Å². The van der Waals surface area contributed by atoms with Gasteiger partial charge in [-0.15, -0.1) is 0 Å². The number of hydrogen-bond donors (Lipinski definition) is 1. The molecule has 0 bridgehead atoms. The fourth-order valence-electron chi connectivity index (χ4n) is 5.51. The average Bonchev–Trinajstić information content (AvgIpc) is 3.22. The molecule has 0 aliphatic carbocycles. The van der Waals surface area contributed by atoms with Gasteiger partial charge in [-0.1, -0.05) is 37.3 Å². The van der Waals surface area contributed by atoms with Crippen LogP contribution in [0.25, 0.3) is 11.0 Å². The maximum Gasteiger partial charge on any atom is 0.412 e. The second kappa shape index (κ2) is 9.39. The van der Waals surface area contributed by atoms with Crippen LogP contribution in [0.4, 0.5) is 10.5 Å². The van der Waals surface area contributed by atoms with Crippen molar-refractivity contribution in [2.24, 2.45) is 0 Å². The number of likely N-dealkylation sites (N-methyl/N-ethyl adjacent to an activating group) is 1. The zero-order valence-corrected chi connectivity index (χ0v) is 20.4. The van der Waals surface area contributed by atoms with Crippen LogP contribution in [0.3, 0.4) is 0 Å². The minimum atomic E-state index is -0.889. The van der Waals surface area contributed by atoms with Gasteiger partial charge in [-0.05, 0) is 44.5 Å². The molecule has 1 amide bonds. The van der Waals surface area contributed by atoms with E-state index < -0.39 is 6.09 Å². The molecule has 1 fully saturated rings. The molecule has 1 saturated heterocycles. The third kappa shape index (κ3) is 4.18. The third-order valence-electron chi connectivity index (χ3n) is 7.67. The summed E-state index contributed by atoms with van der Waals surface area (Å²) in [6.45, 7) is 10.5. The molecule has 1 N–H and O–H groups in total. The monoisotopic (exact) mass is 461 g/mol. The van der Waals surface area contributed by atoms with Gasteiger partial charge in [0.25, 0.3) is 0 Å². The number of benzene rings is 2. The van der Waals surface area contributed by atoms with Crippen LogP contribution < -0.4 is 4.90 Å². The van der Waals surface area contributed by atoms with Crippen molar-refractivity contribution < 1.29 is 9.90 Å². The minimum absolute atomic E-state index is 0.0236. The molecule has 3 heterocycles. The summed E-state index contributed by atoms with van der Waals surface area (Å²) in [6.07, 6.45) is 0.780. The van der Waals surface area contributed by atoms with Crippen molar-refractivity contribution >= 4 is 22.8 Å². The van der Waals surface area contributed by atoms with Gasteiger partial charge in [0, 0.05) is 56.8 Å². The van der Waals surface area contributed by atoms with Crippen molar-refractivity contribution in [3.05, 3.63) is 59.4 Å². The Kier molecular flexibility index (Phi) is 6.32. The number of amides is 1. The van der Waals surface area contributed by atoms with Crippen molar-refractivity contribution in [3.8, 4) is 0 Å². The summed E-state index contributed by atoms with van der Waals surface area (Å²) in [4.78, 5) is 23.7. The van der Waals surface area contributed by atoms with Gasteiger partial charge in [0.15, 0.2) is 0 Å². The maximum atomic E-state index is 12.0. The highest BCUT2D eigenvalue weighted by Crippen LogP contribution is 2.37. The van der Waals surface area contributed by atoms with E-state index in [-0.39, 0.29) is 12.0 Å². The Morgan fingerprint density at radius 3 is 2.53 bits per heavy atom. The largest absolute Gasteiger partial charge is 0.465 e. The van der Waals surface area contributed by atoms with Crippen LogP contribution in [0.2, 0.25) is 0 Å². The van der Waals surface area contributed by atoms with Crippen molar-refractivity contribution in [1.82, 2.24) is 19.4 Å². The predicted molar refractivity (Wildman–Crippen MR) is 136 cm³/mol. The number of piperazine rings is 1.